The number of amides is 1. The first-order chi connectivity index (χ1) is 17.8. The van der Waals surface area contributed by atoms with Crippen molar-refractivity contribution in [3.63, 3.8) is 0 Å². The molecule has 3 aromatic rings. The summed E-state index contributed by atoms with van der Waals surface area (Å²) in [6.07, 6.45) is 0.162. The Bertz CT molecular complexity index is 1440. The normalized spacial score (nSPS) is 16.6. The number of ether oxygens (including phenoxy) is 3. The van der Waals surface area contributed by atoms with Crippen molar-refractivity contribution in [1.29, 1.82) is 0 Å². The number of hydrogen-bond acceptors (Lipinski definition) is 7. The highest BCUT2D eigenvalue weighted by Gasteiger charge is 2.38. The molecule has 2 heterocycles. The molecule has 1 amide bonds. The van der Waals surface area contributed by atoms with Crippen LogP contribution in [0.5, 0.6) is 11.5 Å². The van der Waals surface area contributed by atoms with Crippen molar-refractivity contribution in [2.75, 3.05) is 25.3 Å². The van der Waals surface area contributed by atoms with Gasteiger partial charge >= 0.3 is 5.97 Å². The molecule has 1 atom stereocenters. The van der Waals surface area contributed by atoms with Gasteiger partial charge in [-0.1, -0.05) is 24.3 Å². The Morgan fingerprint density at radius 3 is 2.59 bits per heavy atom. The first kappa shape index (κ1) is 24.7. The third kappa shape index (κ3) is 5.27. The molecule has 0 saturated heterocycles. The second-order valence-electron chi connectivity index (χ2n) is 8.52. The largest absolute Gasteiger partial charge is 0.456 e. The van der Waals surface area contributed by atoms with Gasteiger partial charge in [0.05, 0.1) is 17.4 Å². The van der Waals surface area contributed by atoms with E-state index in [2.05, 4.69) is 5.32 Å². The molecule has 0 saturated carbocycles. The fourth-order valence-corrected chi connectivity index (χ4v) is 6.01. The van der Waals surface area contributed by atoms with E-state index in [0.717, 1.165) is 17.7 Å². The maximum Gasteiger partial charge on any atom is 0.308 e. The van der Waals surface area contributed by atoms with Gasteiger partial charge in [0.15, 0.2) is 18.1 Å². The van der Waals surface area contributed by atoms with Gasteiger partial charge in [0.25, 0.3) is 5.91 Å². The number of carbonyl (C=O) groups excluding carboxylic acids is 2. The van der Waals surface area contributed by atoms with E-state index in [1.807, 2.05) is 12.1 Å². The molecule has 1 N–H and O–H groups in total. The molecule has 11 heteroatoms. The highest BCUT2D eigenvalue weighted by molar-refractivity contribution is 7.89. The average Bonchev–Trinajstić information content (AvgIpc) is 3.36. The van der Waals surface area contributed by atoms with Gasteiger partial charge in [0.1, 0.15) is 5.82 Å². The van der Waals surface area contributed by atoms with Crippen molar-refractivity contribution in [1.82, 2.24) is 4.31 Å². The number of benzene rings is 3. The summed E-state index contributed by atoms with van der Waals surface area (Å²) < 4.78 is 57.2. The Morgan fingerprint density at radius 2 is 1.78 bits per heavy atom. The molecule has 5 rings (SSSR count). The van der Waals surface area contributed by atoms with E-state index in [-0.39, 0.29) is 24.7 Å². The van der Waals surface area contributed by atoms with Crippen LogP contribution in [0, 0.1) is 5.82 Å². The molecule has 0 bridgehead atoms. The van der Waals surface area contributed by atoms with Crippen molar-refractivity contribution >= 4 is 27.6 Å². The van der Waals surface area contributed by atoms with Crippen LogP contribution in [0.15, 0.2) is 71.6 Å². The topological polar surface area (TPSA) is 111 Å². The molecule has 9 nitrogen and oxygen atoms in total. The summed E-state index contributed by atoms with van der Waals surface area (Å²) in [6, 6.07) is 15.8. The molecule has 37 heavy (non-hydrogen) atoms. The van der Waals surface area contributed by atoms with E-state index in [4.69, 9.17) is 14.2 Å². The zero-order chi connectivity index (χ0) is 26.0. The van der Waals surface area contributed by atoms with Gasteiger partial charge in [-0.25, -0.2) is 12.8 Å². The maximum absolute atomic E-state index is 13.4. The smallest absolute Gasteiger partial charge is 0.308 e. The lowest BCUT2D eigenvalue weighted by Crippen LogP contribution is -2.41. The summed E-state index contributed by atoms with van der Waals surface area (Å²) in [5, 5.41) is 2.62. The number of nitrogens with one attached hydrogen (secondary N) is 1. The van der Waals surface area contributed by atoms with Crippen molar-refractivity contribution < 1.29 is 36.6 Å². The maximum atomic E-state index is 13.4. The summed E-state index contributed by atoms with van der Waals surface area (Å²) in [4.78, 5) is 25.0. The minimum absolute atomic E-state index is 0.0743. The number of sulfonamides is 1. The number of halogens is 1. The summed E-state index contributed by atoms with van der Waals surface area (Å²) in [7, 11) is -4.04. The van der Waals surface area contributed by atoms with Gasteiger partial charge < -0.3 is 19.5 Å². The molecule has 0 radical (unpaired) electrons. The van der Waals surface area contributed by atoms with Crippen LogP contribution >= 0.6 is 0 Å². The van der Waals surface area contributed by atoms with Crippen LogP contribution in [0.3, 0.4) is 0 Å². The van der Waals surface area contributed by atoms with Crippen LogP contribution in [-0.4, -0.2) is 44.5 Å². The first-order valence-corrected chi connectivity index (χ1v) is 13.0. The van der Waals surface area contributed by atoms with E-state index < -0.39 is 40.4 Å². The standard InChI is InChI=1S/C26H23FN2O7S/c27-18-5-8-20(9-6-18)37(32,33)29-12-11-17-3-1-2-4-21(17)22(29)14-26(31)34-15-25(30)28-19-7-10-23-24(13-19)36-16-35-23/h1-10,13,22H,11-12,14-16H2,(H,28,30). The van der Waals surface area contributed by atoms with E-state index in [1.165, 1.54) is 16.4 Å². The lowest BCUT2D eigenvalue weighted by atomic mass is 9.92. The monoisotopic (exact) mass is 526 g/mol. The van der Waals surface area contributed by atoms with Crippen molar-refractivity contribution in [2.45, 2.75) is 23.8 Å². The van der Waals surface area contributed by atoms with Gasteiger partial charge in [-0.15, -0.1) is 0 Å². The van der Waals surface area contributed by atoms with E-state index >= 15 is 0 Å². The number of esters is 1. The second kappa shape index (κ2) is 10.2. The molecule has 0 aromatic heterocycles. The predicted molar refractivity (Wildman–Crippen MR) is 130 cm³/mol. The first-order valence-electron chi connectivity index (χ1n) is 11.5. The molecular formula is C26H23FN2O7S. The third-order valence-electron chi connectivity index (χ3n) is 6.16. The SMILES string of the molecule is O=C(COC(=O)CC1c2ccccc2CCN1S(=O)(=O)c1ccc(F)cc1)Nc1ccc2c(c1)OCO2. The van der Waals surface area contributed by atoms with Gasteiger partial charge in [-0.2, -0.15) is 4.31 Å². The zero-order valence-electron chi connectivity index (χ0n) is 19.6. The number of hydrogen-bond donors (Lipinski definition) is 1. The van der Waals surface area contributed by atoms with Crippen molar-refractivity contribution in [2.24, 2.45) is 0 Å². The number of carbonyl (C=O) groups is 2. The molecule has 192 valence electrons. The van der Waals surface area contributed by atoms with Crippen LogP contribution in [0.1, 0.15) is 23.6 Å². The Hall–Kier alpha value is -3.96. The highest BCUT2D eigenvalue weighted by Crippen LogP contribution is 2.37. The van der Waals surface area contributed by atoms with Crippen LogP contribution in [0.25, 0.3) is 0 Å². The minimum atomic E-state index is -4.04. The fraction of sp³-hybridized carbons (Fsp3) is 0.231. The molecule has 1 unspecified atom stereocenters. The molecule has 3 aromatic carbocycles. The van der Waals surface area contributed by atoms with Gasteiger partial charge in [-0.05, 0) is 53.9 Å². The number of fused-ring (bicyclic) bond motifs is 2. The molecule has 2 aliphatic heterocycles. The quantitative estimate of drug-likeness (QED) is 0.470. The van der Waals surface area contributed by atoms with Crippen molar-refractivity contribution in [3.05, 3.63) is 83.7 Å². The molecule has 0 aliphatic carbocycles. The summed E-state index contributed by atoms with van der Waals surface area (Å²) >= 11 is 0. The number of nitrogens with zero attached hydrogens (tertiary/aromatic N) is 1. The summed E-state index contributed by atoms with van der Waals surface area (Å²) in [5.74, 6) is -0.790. The van der Waals surface area contributed by atoms with Gasteiger partial charge in [-0.3, -0.25) is 9.59 Å². The molecule has 0 spiro atoms. The lowest BCUT2D eigenvalue weighted by molar-refractivity contribution is -0.148. The van der Waals surface area contributed by atoms with Crippen LogP contribution in [-0.2, 0) is 30.8 Å². The molecular weight excluding hydrogens is 503 g/mol. The lowest BCUT2D eigenvalue weighted by Gasteiger charge is -2.36. The Labute approximate surface area is 212 Å². The number of anilines is 1. The Kier molecular flexibility index (Phi) is 6.81. The predicted octanol–water partition coefficient (Wildman–Crippen LogP) is 3.41. The zero-order valence-corrected chi connectivity index (χ0v) is 20.4. The molecule has 2 aliphatic rings. The van der Waals surface area contributed by atoms with Crippen LogP contribution in [0.2, 0.25) is 0 Å². The number of rotatable bonds is 7. The van der Waals surface area contributed by atoms with Crippen LogP contribution in [0.4, 0.5) is 10.1 Å². The second-order valence-corrected chi connectivity index (χ2v) is 10.4. The summed E-state index contributed by atoms with van der Waals surface area (Å²) in [5.41, 5.74) is 2.05. The average molecular weight is 527 g/mol. The molecule has 0 fully saturated rings. The van der Waals surface area contributed by atoms with Crippen molar-refractivity contribution in [3.8, 4) is 11.5 Å². The van der Waals surface area contributed by atoms with E-state index in [1.54, 1.807) is 30.3 Å². The van der Waals surface area contributed by atoms with E-state index in [0.29, 0.717) is 29.2 Å². The van der Waals surface area contributed by atoms with E-state index in [9.17, 15) is 22.4 Å². The Balaban J connectivity index is 1.28. The summed E-state index contributed by atoms with van der Waals surface area (Å²) in [6.45, 7) is -0.311. The fourth-order valence-electron chi connectivity index (χ4n) is 4.40. The highest BCUT2D eigenvalue weighted by atomic mass is 32.2. The van der Waals surface area contributed by atoms with Gasteiger partial charge in [0, 0.05) is 18.3 Å². The van der Waals surface area contributed by atoms with Crippen LogP contribution < -0.4 is 14.8 Å². The third-order valence-corrected chi connectivity index (χ3v) is 8.09. The minimum Gasteiger partial charge on any atom is -0.456 e. The van der Waals surface area contributed by atoms with Gasteiger partial charge in [0.2, 0.25) is 16.8 Å². The Morgan fingerprint density at radius 1 is 1.03 bits per heavy atom.